The van der Waals surface area contributed by atoms with Gasteiger partial charge in [0.05, 0.1) is 6.61 Å². The van der Waals surface area contributed by atoms with Crippen LogP contribution in [0.4, 0.5) is 0 Å². The van der Waals surface area contributed by atoms with Gasteiger partial charge in [-0.05, 0) is 30.7 Å². The Morgan fingerprint density at radius 2 is 2.19 bits per heavy atom. The zero-order valence-corrected chi connectivity index (χ0v) is 10.4. The molecule has 4 heteroatoms. The lowest BCUT2D eigenvalue weighted by Crippen LogP contribution is -2.14. The predicted octanol–water partition coefficient (Wildman–Crippen LogP) is 2.59. The van der Waals surface area contributed by atoms with Crippen LogP contribution >= 0.6 is 15.9 Å². The fraction of sp³-hybridized carbons (Fsp3) is 0.167. The van der Waals surface area contributed by atoms with Crippen LogP contribution < -0.4 is 0 Å². The van der Waals surface area contributed by atoms with E-state index in [1.165, 1.54) is 6.08 Å². The average Bonchev–Trinajstić information content (AvgIpc) is 2.26. The lowest BCUT2D eigenvalue weighted by atomic mass is 10.2. The number of carbonyl (C=O) groups excluding carboxylic acids is 2. The van der Waals surface area contributed by atoms with Crippen molar-refractivity contribution in [2.24, 2.45) is 0 Å². The quantitative estimate of drug-likeness (QED) is 0.484. The monoisotopic (exact) mass is 282 g/mol. The van der Waals surface area contributed by atoms with Crippen LogP contribution in [0.1, 0.15) is 12.5 Å². The summed E-state index contributed by atoms with van der Waals surface area (Å²) in [5.41, 5.74) is 0.840. The Morgan fingerprint density at radius 3 is 2.81 bits per heavy atom. The van der Waals surface area contributed by atoms with Gasteiger partial charge in [-0.25, -0.2) is 4.79 Å². The Morgan fingerprint density at radius 1 is 1.44 bits per heavy atom. The molecule has 84 valence electrons. The number of esters is 1. The molecule has 0 N–H and O–H groups in total. The van der Waals surface area contributed by atoms with Crippen molar-refractivity contribution in [2.45, 2.75) is 6.92 Å². The van der Waals surface area contributed by atoms with Gasteiger partial charge in [-0.2, -0.15) is 0 Å². The Balaban J connectivity index is 2.67. The second-order valence-corrected chi connectivity index (χ2v) is 3.89. The zero-order valence-electron chi connectivity index (χ0n) is 8.77. The molecule has 3 nitrogen and oxygen atoms in total. The van der Waals surface area contributed by atoms with Gasteiger partial charge in [-0.15, -0.1) is 0 Å². The third-order valence-electron chi connectivity index (χ3n) is 1.75. The maximum Gasteiger partial charge on any atom is 0.379 e. The van der Waals surface area contributed by atoms with Crippen molar-refractivity contribution in [3.63, 3.8) is 0 Å². The van der Waals surface area contributed by atoms with E-state index in [9.17, 15) is 9.59 Å². The van der Waals surface area contributed by atoms with E-state index in [0.717, 1.165) is 10.0 Å². The molecule has 1 rings (SSSR count). The summed E-state index contributed by atoms with van der Waals surface area (Å²) in [6, 6.07) is 7.40. The van der Waals surface area contributed by atoms with Crippen molar-refractivity contribution in [3.8, 4) is 0 Å². The standard InChI is InChI=1S/C12H11BrO3/c1-2-16-12(15)11(14)7-6-9-4-3-5-10(13)8-9/h3-8H,2H2,1H3/b7-6+. The van der Waals surface area contributed by atoms with E-state index in [1.54, 1.807) is 13.0 Å². The summed E-state index contributed by atoms with van der Waals surface area (Å²) in [5.74, 6) is -1.48. The van der Waals surface area contributed by atoms with Gasteiger partial charge in [0.1, 0.15) is 0 Å². The van der Waals surface area contributed by atoms with E-state index in [2.05, 4.69) is 20.7 Å². The minimum atomic E-state index is -0.825. The maximum atomic E-state index is 11.2. The first-order valence-corrected chi connectivity index (χ1v) is 5.57. The minimum absolute atomic E-state index is 0.204. The van der Waals surface area contributed by atoms with Gasteiger partial charge in [0.2, 0.25) is 0 Å². The molecule has 0 saturated carbocycles. The van der Waals surface area contributed by atoms with Crippen LogP contribution in [0, 0.1) is 0 Å². The molecule has 1 aromatic carbocycles. The number of benzene rings is 1. The van der Waals surface area contributed by atoms with E-state index in [4.69, 9.17) is 0 Å². The molecule has 0 saturated heterocycles. The molecule has 0 aliphatic heterocycles. The molecule has 0 bridgehead atoms. The van der Waals surface area contributed by atoms with E-state index in [1.807, 2.05) is 24.3 Å². The lowest BCUT2D eigenvalue weighted by molar-refractivity contribution is -0.151. The third kappa shape index (κ3) is 3.98. The summed E-state index contributed by atoms with van der Waals surface area (Å²) in [5, 5.41) is 0. The van der Waals surface area contributed by atoms with Gasteiger partial charge in [-0.3, -0.25) is 4.79 Å². The molecule has 0 radical (unpaired) electrons. The van der Waals surface area contributed by atoms with Gasteiger partial charge in [0.25, 0.3) is 5.78 Å². The molecule has 0 heterocycles. The van der Waals surface area contributed by atoms with Crippen LogP contribution in [-0.4, -0.2) is 18.4 Å². The second kappa shape index (κ2) is 6.23. The molecule has 16 heavy (non-hydrogen) atoms. The molecule has 0 aromatic heterocycles. The van der Waals surface area contributed by atoms with Gasteiger partial charge in [-0.1, -0.05) is 34.1 Å². The van der Waals surface area contributed by atoms with Crippen molar-refractivity contribution in [1.82, 2.24) is 0 Å². The Hall–Kier alpha value is -1.42. The molecular formula is C12H11BrO3. The second-order valence-electron chi connectivity index (χ2n) is 2.97. The summed E-state index contributed by atoms with van der Waals surface area (Å²) in [7, 11) is 0. The zero-order chi connectivity index (χ0) is 12.0. The number of ketones is 1. The van der Waals surface area contributed by atoms with Crippen molar-refractivity contribution in [3.05, 3.63) is 40.4 Å². The molecule has 0 spiro atoms. The normalized spacial score (nSPS) is 10.4. The number of hydrogen-bond donors (Lipinski definition) is 0. The maximum absolute atomic E-state index is 11.2. The molecule has 0 atom stereocenters. The largest absolute Gasteiger partial charge is 0.460 e. The first-order chi connectivity index (χ1) is 7.63. The lowest BCUT2D eigenvalue weighted by Gasteiger charge is -1.96. The number of halogens is 1. The van der Waals surface area contributed by atoms with Gasteiger partial charge < -0.3 is 4.74 Å². The number of hydrogen-bond acceptors (Lipinski definition) is 3. The van der Waals surface area contributed by atoms with Crippen LogP contribution in [0.15, 0.2) is 34.8 Å². The highest BCUT2D eigenvalue weighted by atomic mass is 79.9. The number of ether oxygens (including phenoxy) is 1. The van der Waals surface area contributed by atoms with Gasteiger partial charge in [0.15, 0.2) is 0 Å². The van der Waals surface area contributed by atoms with E-state index in [0.29, 0.717) is 0 Å². The highest BCUT2D eigenvalue weighted by Crippen LogP contribution is 2.12. The topological polar surface area (TPSA) is 43.4 Å². The summed E-state index contributed by atoms with van der Waals surface area (Å²) in [6.45, 7) is 1.86. The van der Waals surface area contributed by atoms with Crippen molar-refractivity contribution < 1.29 is 14.3 Å². The Kier molecular flexibility index (Phi) is 4.92. The van der Waals surface area contributed by atoms with Crippen molar-refractivity contribution in [1.29, 1.82) is 0 Å². The summed E-state index contributed by atoms with van der Waals surface area (Å²) >= 11 is 3.31. The van der Waals surface area contributed by atoms with Crippen LogP contribution in [0.3, 0.4) is 0 Å². The fourth-order valence-corrected chi connectivity index (χ4v) is 1.47. The first-order valence-electron chi connectivity index (χ1n) is 4.78. The van der Waals surface area contributed by atoms with E-state index in [-0.39, 0.29) is 6.61 Å². The average molecular weight is 283 g/mol. The summed E-state index contributed by atoms with van der Waals surface area (Å²) < 4.78 is 5.48. The van der Waals surface area contributed by atoms with Crippen LogP contribution in [-0.2, 0) is 14.3 Å². The molecule has 1 aromatic rings. The predicted molar refractivity (Wildman–Crippen MR) is 64.8 cm³/mol. The highest BCUT2D eigenvalue weighted by Gasteiger charge is 2.09. The van der Waals surface area contributed by atoms with Crippen molar-refractivity contribution >= 4 is 33.8 Å². The van der Waals surface area contributed by atoms with Crippen LogP contribution in [0.5, 0.6) is 0 Å². The van der Waals surface area contributed by atoms with E-state index < -0.39 is 11.8 Å². The number of rotatable bonds is 4. The SMILES string of the molecule is CCOC(=O)C(=O)/C=C/c1cccc(Br)c1. The summed E-state index contributed by atoms with van der Waals surface area (Å²) in [6.07, 6.45) is 2.78. The van der Waals surface area contributed by atoms with Gasteiger partial charge >= 0.3 is 5.97 Å². The Bertz CT molecular complexity index is 424. The van der Waals surface area contributed by atoms with Gasteiger partial charge in [0, 0.05) is 4.47 Å². The first kappa shape index (κ1) is 12.6. The van der Waals surface area contributed by atoms with Crippen LogP contribution in [0.25, 0.3) is 6.08 Å². The smallest absolute Gasteiger partial charge is 0.379 e. The minimum Gasteiger partial charge on any atom is -0.460 e. The van der Waals surface area contributed by atoms with Crippen LogP contribution in [0.2, 0.25) is 0 Å². The highest BCUT2D eigenvalue weighted by molar-refractivity contribution is 9.10. The molecular weight excluding hydrogens is 272 g/mol. The molecule has 0 aliphatic carbocycles. The fourth-order valence-electron chi connectivity index (χ4n) is 1.05. The molecule has 0 amide bonds. The molecule has 0 unspecified atom stereocenters. The Labute approximate surface area is 102 Å². The van der Waals surface area contributed by atoms with E-state index >= 15 is 0 Å². The molecule has 0 aliphatic rings. The number of carbonyl (C=O) groups is 2. The summed E-state index contributed by atoms with van der Waals surface area (Å²) in [4.78, 5) is 22.2. The third-order valence-corrected chi connectivity index (χ3v) is 2.25. The van der Waals surface area contributed by atoms with Crippen molar-refractivity contribution in [2.75, 3.05) is 6.61 Å². The molecule has 0 fully saturated rings.